The number of unbranched alkanes of at least 4 members (excludes halogenated alkanes) is 1. The van der Waals surface area contributed by atoms with Crippen molar-refractivity contribution in [2.45, 2.75) is 32.3 Å². The van der Waals surface area contributed by atoms with Gasteiger partial charge in [0.2, 0.25) is 0 Å². The average molecular weight is 345 g/mol. The van der Waals surface area contributed by atoms with Gasteiger partial charge in [0.25, 0.3) is 0 Å². The van der Waals surface area contributed by atoms with Crippen LogP contribution >= 0.6 is 15.9 Å². The van der Waals surface area contributed by atoms with Gasteiger partial charge >= 0.3 is 0 Å². The minimum atomic E-state index is -1.07. The summed E-state index contributed by atoms with van der Waals surface area (Å²) >= 11 is 3.31. The van der Waals surface area contributed by atoms with Gasteiger partial charge in [-0.15, -0.1) is 0 Å². The standard InChI is InChI=1S/C15H21BrO4/c1-3-4-8-19-10-15(2,18)11-20-13-7-5-6-12(9-17)14(13)16/h5-7,9,18H,3-4,8,10-11H2,1-2H3. The van der Waals surface area contributed by atoms with Crippen molar-refractivity contribution in [3.8, 4) is 5.75 Å². The van der Waals surface area contributed by atoms with Crippen molar-refractivity contribution < 1.29 is 19.4 Å². The number of carbonyl (C=O) groups excluding carboxylic acids is 1. The number of benzene rings is 1. The maximum atomic E-state index is 10.8. The summed E-state index contributed by atoms with van der Waals surface area (Å²) in [5, 5.41) is 10.2. The molecule has 1 N–H and O–H groups in total. The molecule has 5 heteroatoms. The Labute approximate surface area is 128 Å². The summed E-state index contributed by atoms with van der Waals surface area (Å²) in [4.78, 5) is 10.8. The highest BCUT2D eigenvalue weighted by atomic mass is 79.9. The Balaban J connectivity index is 2.51. The van der Waals surface area contributed by atoms with Crippen LogP contribution in [-0.2, 0) is 4.74 Å². The number of aldehydes is 1. The van der Waals surface area contributed by atoms with Crippen LogP contribution in [0.1, 0.15) is 37.0 Å². The lowest BCUT2D eigenvalue weighted by atomic mass is 10.1. The Hall–Kier alpha value is -0.910. The SMILES string of the molecule is CCCCOCC(C)(O)COc1cccc(C=O)c1Br. The molecule has 0 heterocycles. The lowest BCUT2D eigenvalue weighted by Crippen LogP contribution is -2.37. The third-order valence-electron chi connectivity index (χ3n) is 2.71. The molecule has 1 aromatic rings. The van der Waals surface area contributed by atoms with Gasteiger partial charge < -0.3 is 14.6 Å². The van der Waals surface area contributed by atoms with E-state index in [2.05, 4.69) is 22.9 Å². The van der Waals surface area contributed by atoms with E-state index < -0.39 is 5.60 Å². The maximum Gasteiger partial charge on any atom is 0.151 e. The van der Waals surface area contributed by atoms with E-state index in [-0.39, 0.29) is 13.2 Å². The summed E-state index contributed by atoms with van der Waals surface area (Å²) in [7, 11) is 0. The second kappa shape index (κ2) is 8.39. The van der Waals surface area contributed by atoms with E-state index >= 15 is 0 Å². The van der Waals surface area contributed by atoms with Gasteiger partial charge in [-0.2, -0.15) is 0 Å². The van der Waals surface area contributed by atoms with Gasteiger partial charge in [0.15, 0.2) is 6.29 Å². The zero-order valence-electron chi connectivity index (χ0n) is 11.9. The van der Waals surface area contributed by atoms with E-state index in [1.165, 1.54) is 0 Å². The Morgan fingerprint density at radius 1 is 1.40 bits per heavy atom. The van der Waals surface area contributed by atoms with Crippen LogP contribution in [0.2, 0.25) is 0 Å². The Morgan fingerprint density at radius 2 is 2.15 bits per heavy atom. The van der Waals surface area contributed by atoms with Crippen LogP contribution in [0, 0.1) is 0 Å². The van der Waals surface area contributed by atoms with Gasteiger partial charge in [0.1, 0.15) is 18.0 Å². The summed E-state index contributed by atoms with van der Waals surface area (Å²) in [6, 6.07) is 5.16. The van der Waals surface area contributed by atoms with Crippen molar-refractivity contribution in [1.82, 2.24) is 0 Å². The van der Waals surface area contributed by atoms with E-state index in [0.717, 1.165) is 19.1 Å². The Kier molecular flexibility index (Phi) is 7.19. The molecule has 0 aliphatic heterocycles. The smallest absolute Gasteiger partial charge is 0.151 e. The fourth-order valence-electron chi connectivity index (χ4n) is 1.54. The molecule has 112 valence electrons. The first-order valence-corrected chi connectivity index (χ1v) is 7.46. The second-order valence-corrected chi connectivity index (χ2v) is 5.76. The zero-order chi connectivity index (χ0) is 15.0. The summed E-state index contributed by atoms with van der Waals surface area (Å²) in [6.45, 7) is 4.70. The molecule has 1 unspecified atom stereocenters. The highest BCUT2D eigenvalue weighted by Gasteiger charge is 2.22. The van der Waals surface area contributed by atoms with E-state index in [1.807, 2.05) is 0 Å². The average Bonchev–Trinajstić information content (AvgIpc) is 2.43. The highest BCUT2D eigenvalue weighted by Crippen LogP contribution is 2.28. The van der Waals surface area contributed by atoms with E-state index in [1.54, 1.807) is 25.1 Å². The summed E-state index contributed by atoms with van der Waals surface area (Å²) in [5.74, 6) is 0.531. The van der Waals surface area contributed by atoms with Crippen molar-refractivity contribution in [2.24, 2.45) is 0 Å². The predicted octanol–water partition coefficient (Wildman–Crippen LogP) is 3.21. The van der Waals surface area contributed by atoms with Gasteiger partial charge in [0.05, 0.1) is 11.1 Å². The molecule has 1 atom stereocenters. The summed E-state index contributed by atoms with van der Waals surface area (Å²) in [5.41, 5.74) is -0.550. The van der Waals surface area contributed by atoms with Crippen LogP contribution in [0.25, 0.3) is 0 Å². The minimum absolute atomic E-state index is 0.0973. The van der Waals surface area contributed by atoms with Crippen LogP contribution in [0.3, 0.4) is 0 Å². The molecule has 0 saturated carbocycles. The number of ether oxygens (including phenoxy) is 2. The third kappa shape index (κ3) is 5.61. The quantitative estimate of drug-likeness (QED) is 0.552. The van der Waals surface area contributed by atoms with Gasteiger partial charge in [-0.1, -0.05) is 25.5 Å². The van der Waals surface area contributed by atoms with Crippen molar-refractivity contribution in [3.05, 3.63) is 28.2 Å². The first-order chi connectivity index (χ1) is 9.50. The fourth-order valence-corrected chi connectivity index (χ4v) is 2.02. The van der Waals surface area contributed by atoms with Crippen LogP contribution in [0.15, 0.2) is 22.7 Å². The van der Waals surface area contributed by atoms with Crippen LogP contribution in [0.4, 0.5) is 0 Å². The number of halogens is 1. The molecule has 0 spiro atoms. The molecule has 0 saturated heterocycles. The molecule has 0 radical (unpaired) electrons. The fraction of sp³-hybridized carbons (Fsp3) is 0.533. The van der Waals surface area contributed by atoms with Crippen molar-refractivity contribution >= 4 is 22.2 Å². The van der Waals surface area contributed by atoms with Crippen molar-refractivity contribution in [1.29, 1.82) is 0 Å². The monoisotopic (exact) mass is 344 g/mol. The second-order valence-electron chi connectivity index (χ2n) is 4.97. The van der Waals surface area contributed by atoms with Gasteiger partial charge in [-0.25, -0.2) is 0 Å². The van der Waals surface area contributed by atoms with Crippen molar-refractivity contribution in [3.63, 3.8) is 0 Å². The number of hydrogen-bond acceptors (Lipinski definition) is 4. The van der Waals surface area contributed by atoms with E-state index in [9.17, 15) is 9.90 Å². The molecular formula is C15H21BrO4. The molecule has 0 aromatic heterocycles. The molecule has 1 rings (SSSR count). The molecule has 0 fully saturated rings. The minimum Gasteiger partial charge on any atom is -0.489 e. The van der Waals surface area contributed by atoms with Gasteiger partial charge in [0, 0.05) is 12.2 Å². The molecular weight excluding hydrogens is 324 g/mol. The number of carbonyl (C=O) groups is 1. The number of hydrogen-bond donors (Lipinski definition) is 1. The molecule has 0 aliphatic rings. The largest absolute Gasteiger partial charge is 0.489 e. The van der Waals surface area contributed by atoms with Gasteiger partial charge in [-0.3, -0.25) is 4.79 Å². The zero-order valence-corrected chi connectivity index (χ0v) is 13.5. The first-order valence-electron chi connectivity index (χ1n) is 6.67. The lowest BCUT2D eigenvalue weighted by molar-refractivity contribution is -0.0595. The normalized spacial score (nSPS) is 13.8. The molecule has 0 bridgehead atoms. The molecule has 4 nitrogen and oxygen atoms in total. The lowest BCUT2D eigenvalue weighted by Gasteiger charge is -2.23. The van der Waals surface area contributed by atoms with Crippen LogP contribution in [0.5, 0.6) is 5.75 Å². The molecule has 0 amide bonds. The van der Waals surface area contributed by atoms with Crippen LogP contribution < -0.4 is 4.74 Å². The van der Waals surface area contributed by atoms with Gasteiger partial charge in [-0.05, 0) is 35.3 Å². The highest BCUT2D eigenvalue weighted by molar-refractivity contribution is 9.10. The first kappa shape index (κ1) is 17.1. The molecule has 1 aromatic carbocycles. The number of aliphatic hydroxyl groups is 1. The van der Waals surface area contributed by atoms with Crippen molar-refractivity contribution in [2.75, 3.05) is 19.8 Å². The third-order valence-corrected chi connectivity index (χ3v) is 3.56. The number of rotatable bonds is 9. The summed E-state index contributed by atoms with van der Waals surface area (Å²) < 4.78 is 11.6. The molecule has 20 heavy (non-hydrogen) atoms. The summed E-state index contributed by atoms with van der Waals surface area (Å²) in [6.07, 6.45) is 2.79. The van der Waals surface area contributed by atoms with E-state index in [4.69, 9.17) is 9.47 Å². The van der Waals surface area contributed by atoms with E-state index in [0.29, 0.717) is 22.4 Å². The Bertz CT molecular complexity index is 432. The maximum absolute atomic E-state index is 10.8. The Morgan fingerprint density at radius 3 is 2.80 bits per heavy atom. The topological polar surface area (TPSA) is 55.8 Å². The predicted molar refractivity (Wildman–Crippen MR) is 81.4 cm³/mol. The molecule has 0 aliphatic carbocycles. The van der Waals surface area contributed by atoms with Crippen LogP contribution in [-0.4, -0.2) is 36.8 Å².